The van der Waals surface area contributed by atoms with Crippen LogP contribution in [0, 0.1) is 5.92 Å². The minimum atomic E-state index is -0.436. The molecular weight excluding hydrogens is 234 g/mol. The Labute approximate surface area is 108 Å². The van der Waals surface area contributed by atoms with Crippen molar-refractivity contribution in [1.29, 1.82) is 0 Å². The maximum Gasteiger partial charge on any atom is 0.236 e. The molecule has 0 bridgehead atoms. The van der Waals surface area contributed by atoms with E-state index in [4.69, 9.17) is 10.5 Å². The van der Waals surface area contributed by atoms with Gasteiger partial charge in [0.2, 0.25) is 11.8 Å². The molecule has 1 saturated carbocycles. The van der Waals surface area contributed by atoms with E-state index in [1.54, 1.807) is 7.11 Å². The lowest BCUT2D eigenvalue weighted by Crippen LogP contribution is -2.42. The molecule has 2 amide bonds. The third kappa shape index (κ3) is 6.56. The van der Waals surface area contributed by atoms with Crippen molar-refractivity contribution in [2.24, 2.45) is 11.7 Å². The number of carbonyl (C=O) groups is 2. The molecule has 0 aromatic heterocycles. The SMILES string of the molecule is COCCNC(=O)CCNC(=O)[C@@H](N)CC1CC1. The zero-order valence-corrected chi connectivity index (χ0v) is 10.9. The molecule has 6 nitrogen and oxygen atoms in total. The standard InChI is InChI=1S/C12H23N3O3/c1-18-7-6-14-11(16)4-5-15-12(17)10(13)8-9-2-3-9/h9-10H,2-8,13H2,1H3,(H,14,16)(H,15,17)/t10-/m0/s1. The van der Waals surface area contributed by atoms with Gasteiger partial charge >= 0.3 is 0 Å². The molecule has 0 saturated heterocycles. The van der Waals surface area contributed by atoms with Crippen LogP contribution in [0.15, 0.2) is 0 Å². The topological polar surface area (TPSA) is 93.5 Å². The molecule has 0 aliphatic heterocycles. The average Bonchev–Trinajstić information content (AvgIpc) is 3.13. The Balaban J connectivity index is 2.01. The van der Waals surface area contributed by atoms with Crippen LogP contribution >= 0.6 is 0 Å². The quantitative estimate of drug-likeness (QED) is 0.480. The van der Waals surface area contributed by atoms with E-state index in [9.17, 15) is 9.59 Å². The summed E-state index contributed by atoms with van der Waals surface area (Å²) in [6.45, 7) is 1.31. The van der Waals surface area contributed by atoms with Crippen LogP contribution in [0.1, 0.15) is 25.7 Å². The Hall–Kier alpha value is -1.14. The van der Waals surface area contributed by atoms with Crippen molar-refractivity contribution in [3.05, 3.63) is 0 Å². The Bertz CT molecular complexity index is 280. The van der Waals surface area contributed by atoms with Crippen LogP contribution in [0.2, 0.25) is 0 Å². The van der Waals surface area contributed by atoms with Crippen molar-refractivity contribution in [3.63, 3.8) is 0 Å². The van der Waals surface area contributed by atoms with Crippen LogP contribution < -0.4 is 16.4 Å². The largest absolute Gasteiger partial charge is 0.383 e. The summed E-state index contributed by atoms with van der Waals surface area (Å²) in [5.74, 6) is 0.373. The first-order valence-corrected chi connectivity index (χ1v) is 6.42. The second kappa shape index (κ2) is 8.05. The minimum absolute atomic E-state index is 0.0943. The Kier molecular flexibility index (Phi) is 6.67. The average molecular weight is 257 g/mol. The van der Waals surface area contributed by atoms with Gasteiger partial charge in [0.25, 0.3) is 0 Å². The number of hydrogen-bond donors (Lipinski definition) is 3. The van der Waals surface area contributed by atoms with Gasteiger partial charge in [-0.1, -0.05) is 12.8 Å². The summed E-state index contributed by atoms with van der Waals surface area (Å²) in [5.41, 5.74) is 5.74. The van der Waals surface area contributed by atoms with Gasteiger partial charge in [-0.05, 0) is 12.3 Å². The van der Waals surface area contributed by atoms with Crippen molar-refractivity contribution in [2.75, 3.05) is 26.8 Å². The summed E-state index contributed by atoms with van der Waals surface area (Å²) in [4.78, 5) is 22.9. The van der Waals surface area contributed by atoms with Gasteiger partial charge in [0.15, 0.2) is 0 Å². The summed E-state index contributed by atoms with van der Waals surface area (Å²) < 4.78 is 4.81. The van der Waals surface area contributed by atoms with E-state index in [2.05, 4.69) is 10.6 Å². The van der Waals surface area contributed by atoms with Gasteiger partial charge in [-0.25, -0.2) is 0 Å². The fraction of sp³-hybridized carbons (Fsp3) is 0.833. The normalized spacial score (nSPS) is 16.1. The minimum Gasteiger partial charge on any atom is -0.383 e. The van der Waals surface area contributed by atoms with E-state index in [0.717, 1.165) is 6.42 Å². The van der Waals surface area contributed by atoms with E-state index < -0.39 is 6.04 Å². The molecule has 18 heavy (non-hydrogen) atoms. The summed E-state index contributed by atoms with van der Waals surface area (Å²) in [7, 11) is 1.58. The molecule has 1 atom stereocenters. The van der Waals surface area contributed by atoms with E-state index in [-0.39, 0.29) is 18.2 Å². The molecular formula is C12H23N3O3. The van der Waals surface area contributed by atoms with Crippen molar-refractivity contribution < 1.29 is 14.3 Å². The number of methoxy groups -OCH3 is 1. The number of hydrogen-bond acceptors (Lipinski definition) is 4. The molecule has 0 unspecified atom stereocenters. The zero-order valence-electron chi connectivity index (χ0n) is 10.9. The predicted molar refractivity (Wildman–Crippen MR) is 67.8 cm³/mol. The summed E-state index contributed by atoms with van der Waals surface area (Å²) in [6, 6.07) is -0.436. The molecule has 1 rings (SSSR count). The maximum absolute atomic E-state index is 11.6. The van der Waals surface area contributed by atoms with Gasteiger partial charge in [0, 0.05) is 26.6 Å². The third-order valence-corrected chi connectivity index (χ3v) is 2.90. The molecule has 0 spiro atoms. The van der Waals surface area contributed by atoms with Gasteiger partial charge < -0.3 is 21.1 Å². The highest BCUT2D eigenvalue weighted by molar-refractivity contribution is 5.82. The van der Waals surface area contributed by atoms with Crippen molar-refractivity contribution in [3.8, 4) is 0 Å². The van der Waals surface area contributed by atoms with Crippen LogP contribution in [-0.4, -0.2) is 44.7 Å². The summed E-state index contributed by atoms with van der Waals surface area (Å²) >= 11 is 0. The lowest BCUT2D eigenvalue weighted by atomic mass is 10.1. The van der Waals surface area contributed by atoms with Crippen LogP contribution in [0.4, 0.5) is 0 Å². The number of nitrogens with two attached hydrogens (primary N) is 1. The lowest BCUT2D eigenvalue weighted by Gasteiger charge is -2.11. The first kappa shape index (κ1) is 14.9. The second-order valence-electron chi connectivity index (χ2n) is 4.67. The molecule has 1 aliphatic rings. The highest BCUT2D eigenvalue weighted by atomic mass is 16.5. The predicted octanol–water partition coefficient (Wildman–Crippen LogP) is -0.617. The Morgan fingerprint density at radius 2 is 2.06 bits per heavy atom. The molecule has 0 radical (unpaired) electrons. The van der Waals surface area contributed by atoms with Gasteiger partial charge in [0.1, 0.15) is 0 Å². The third-order valence-electron chi connectivity index (χ3n) is 2.90. The van der Waals surface area contributed by atoms with Gasteiger partial charge in [0.05, 0.1) is 12.6 Å². The van der Waals surface area contributed by atoms with E-state index in [0.29, 0.717) is 25.6 Å². The highest BCUT2D eigenvalue weighted by Crippen LogP contribution is 2.33. The number of nitrogens with one attached hydrogen (secondary N) is 2. The molecule has 6 heteroatoms. The maximum atomic E-state index is 11.6. The highest BCUT2D eigenvalue weighted by Gasteiger charge is 2.26. The van der Waals surface area contributed by atoms with E-state index in [1.807, 2.05) is 0 Å². The molecule has 0 aromatic rings. The molecule has 1 aliphatic carbocycles. The first-order valence-electron chi connectivity index (χ1n) is 6.42. The van der Waals surface area contributed by atoms with E-state index in [1.165, 1.54) is 12.8 Å². The van der Waals surface area contributed by atoms with Crippen molar-refractivity contribution in [1.82, 2.24) is 10.6 Å². The molecule has 1 fully saturated rings. The molecule has 104 valence electrons. The lowest BCUT2D eigenvalue weighted by molar-refractivity contribution is -0.123. The molecule has 0 heterocycles. The Morgan fingerprint density at radius 1 is 1.33 bits per heavy atom. The second-order valence-corrected chi connectivity index (χ2v) is 4.67. The van der Waals surface area contributed by atoms with Crippen LogP contribution in [0.25, 0.3) is 0 Å². The summed E-state index contributed by atoms with van der Waals surface area (Å²) in [6.07, 6.45) is 3.39. The monoisotopic (exact) mass is 257 g/mol. The number of ether oxygens (including phenoxy) is 1. The fourth-order valence-electron chi connectivity index (χ4n) is 1.63. The van der Waals surface area contributed by atoms with Crippen LogP contribution in [0.3, 0.4) is 0 Å². The smallest absolute Gasteiger partial charge is 0.236 e. The molecule has 0 aromatic carbocycles. The van der Waals surface area contributed by atoms with Crippen LogP contribution in [0.5, 0.6) is 0 Å². The fourth-order valence-corrected chi connectivity index (χ4v) is 1.63. The van der Waals surface area contributed by atoms with E-state index >= 15 is 0 Å². The first-order chi connectivity index (χ1) is 8.63. The number of rotatable bonds is 9. The molecule has 4 N–H and O–H groups in total. The summed E-state index contributed by atoms with van der Waals surface area (Å²) in [5, 5.41) is 5.36. The van der Waals surface area contributed by atoms with Crippen molar-refractivity contribution >= 4 is 11.8 Å². The van der Waals surface area contributed by atoms with Gasteiger partial charge in [-0.15, -0.1) is 0 Å². The van der Waals surface area contributed by atoms with Gasteiger partial charge in [-0.3, -0.25) is 9.59 Å². The van der Waals surface area contributed by atoms with Gasteiger partial charge in [-0.2, -0.15) is 0 Å². The zero-order chi connectivity index (χ0) is 13.4. The Morgan fingerprint density at radius 3 is 2.67 bits per heavy atom. The number of amides is 2. The van der Waals surface area contributed by atoms with Crippen LogP contribution in [-0.2, 0) is 14.3 Å². The number of carbonyl (C=O) groups excluding carboxylic acids is 2. The van der Waals surface area contributed by atoms with Crippen molar-refractivity contribution in [2.45, 2.75) is 31.7 Å².